The van der Waals surface area contributed by atoms with Crippen LogP contribution in [0, 0.1) is 0 Å². The Bertz CT molecular complexity index is 1530. The van der Waals surface area contributed by atoms with Crippen LogP contribution in [-0.4, -0.2) is 105 Å². The van der Waals surface area contributed by atoms with Crippen LogP contribution < -0.4 is 4.90 Å². The predicted octanol–water partition coefficient (Wildman–Crippen LogP) is 3.24. The molecule has 0 bridgehead atoms. The Morgan fingerprint density at radius 3 is 1.74 bits per heavy atom. The molecule has 0 aromatic heterocycles. The molecule has 0 radical (unpaired) electrons. The van der Waals surface area contributed by atoms with E-state index in [1.54, 1.807) is 24.3 Å². The fourth-order valence-corrected chi connectivity index (χ4v) is 5.87. The predicted molar refractivity (Wildman–Crippen MR) is 157 cm³/mol. The number of phenols is 1. The van der Waals surface area contributed by atoms with Crippen LogP contribution >= 0.6 is 0 Å². The van der Waals surface area contributed by atoms with Crippen molar-refractivity contribution in [2.24, 2.45) is 0 Å². The van der Waals surface area contributed by atoms with Gasteiger partial charge in [-0.2, -0.15) is 16.8 Å². The van der Waals surface area contributed by atoms with Crippen molar-refractivity contribution >= 4 is 74.9 Å². The van der Waals surface area contributed by atoms with Crippen molar-refractivity contribution in [1.29, 1.82) is 0 Å². The summed E-state index contributed by atoms with van der Waals surface area (Å²) >= 11 is 0. The van der Waals surface area contributed by atoms with E-state index in [0.29, 0.717) is 22.8 Å². The normalized spacial score (nSPS) is 13.3. The van der Waals surface area contributed by atoms with Crippen LogP contribution in [0.1, 0.15) is 38.8 Å². The third-order valence-electron chi connectivity index (χ3n) is 6.46. The van der Waals surface area contributed by atoms with Gasteiger partial charge in [0, 0.05) is 36.5 Å². The van der Waals surface area contributed by atoms with E-state index in [1.165, 1.54) is 0 Å². The van der Waals surface area contributed by atoms with E-state index < -0.39 is 35.8 Å². The van der Waals surface area contributed by atoms with Crippen LogP contribution in [0.2, 0.25) is 0 Å². The summed E-state index contributed by atoms with van der Waals surface area (Å²) in [4.78, 5) is 0.346. The minimum absolute atomic E-state index is 0. The van der Waals surface area contributed by atoms with Gasteiger partial charge in [-0.05, 0) is 80.8 Å². The van der Waals surface area contributed by atoms with Gasteiger partial charge in [0.05, 0.1) is 0 Å². The van der Waals surface area contributed by atoms with Gasteiger partial charge in [0.1, 0.15) is 28.6 Å². The summed E-state index contributed by atoms with van der Waals surface area (Å²) in [6.07, 6.45) is 7.35. The van der Waals surface area contributed by atoms with E-state index in [1.807, 2.05) is 52.0 Å². The summed E-state index contributed by atoms with van der Waals surface area (Å²) in [6.45, 7) is 11.3. The summed E-state index contributed by atoms with van der Waals surface area (Å²) in [5, 5.41) is 10.5. The molecule has 2 aromatic rings. The third kappa shape index (κ3) is 7.60. The monoisotopic (exact) mass is 603 g/mol. The third-order valence-corrected chi connectivity index (χ3v) is 8.23. The number of hydrogen-bond acceptors (Lipinski definition) is 6. The number of allylic oxidation sites excluding steroid dienone is 5. The number of phenolic OH excluding ortho intramolecular Hbond substituents is 1. The fourth-order valence-electron chi connectivity index (χ4n) is 4.50. The van der Waals surface area contributed by atoms with Crippen LogP contribution in [0.25, 0.3) is 5.57 Å². The number of hydrogen-bond donors (Lipinski definition) is 3. The molecule has 1 aliphatic rings. The molecule has 0 saturated carbocycles. The summed E-state index contributed by atoms with van der Waals surface area (Å²) in [6, 6.07) is 8.84. The van der Waals surface area contributed by atoms with Gasteiger partial charge < -0.3 is 10.0 Å². The molecule has 12 heteroatoms. The second-order valence-corrected chi connectivity index (χ2v) is 11.4. The Morgan fingerprint density at radius 1 is 0.795 bits per heavy atom. The summed E-state index contributed by atoms with van der Waals surface area (Å²) in [7, 11) is -9.95. The van der Waals surface area contributed by atoms with Crippen molar-refractivity contribution in [3.8, 4) is 5.75 Å². The van der Waals surface area contributed by atoms with Crippen LogP contribution in [0.15, 0.2) is 76.1 Å². The number of rotatable bonds is 9. The fraction of sp³-hybridized carbons (Fsp3) is 0.296. The zero-order valence-corrected chi connectivity index (χ0v) is 23.4. The van der Waals surface area contributed by atoms with Gasteiger partial charge in [-0.25, -0.2) is 4.58 Å². The number of nitrogens with zero attached hydrogens (tertiary/aromatic N) is 2. The van der Waals surface area contributed by atoms with Gasteiger partial charge in [0.15, 0.2) is 5.71 Å². The Morgan fingerprint density at radius 2 is 1.31 bits per heavy atom. The summed E-state index contributed by atoms with van der Waals surface area (Å²) < 4.78 is 70.1. The van der Waals surface area contributed by atoms with Crippen LogP contribution in [0.4, 0.5) is 5.69 Å². The molecule has 3 N–H and O–H groups in total. The van der Waals surface area contributed by atoms with Gasteiger partial charge in [0.2, 0.25) is 0 Å². The zero-order valence-electron chi connectivity index (χ0n) is 21.8. The van der Waals surface area contributed by atoms with Gasteiger partial charge >= 0.3 is 37.7 Å². The summed E-state index contributed by atoms with van der Waals surface area (Å²) in [5.74, 6) is -0.855. The van der Waals surface area contributed by atoms with Crippen molar-refractivity contribution in [3.05, 3.63) is 77.4 Å². The average molecular weight is 604 g/mol. The Kier molecular flexibility index (Phi) is 11.6. The number of aromatic hydroxyl groups is 1. The van der Waals surface area contributed by atoms with E-state index in [2.05, 4.69) is 9.48 Å². The first kappa shape index (κ1) is 33.2. The Labute approximate surface area is 260 Å². The first-order valence-electron chi connectivity index (χ1n) is 12.3. The molecule has 0 spiro atoms. The Hall–Kier alpha value is -1.99. The molecule has 0 unspecified atom stereocenters. The Balaban J connectivity index is 0.00000533. The van der Waals surface area contributed by atoms with Gasteiger partial charge in [-0.3, -0.25) is 9.11 Å². The van der Waals surface area contributed by atoms with Gasteiger partial charge in [-0.15, -0.1) is 0 Å². The van der Waals surface area contributed by atoms with Crippen LogP contribution in [-0.2, 0) is 20.2 Å². The van der Waals surface area contributed by atoms with E-state index >= 15 is 0 Å². The molecule has 3 rings (SSSR count). The molecule has 0 fully saturated rings. The molecule has 1 aliphatic carbocycles. The van der Waals surface area contributed by atoms with Crippen molar-refractivity contribution in [2.45, 2.75) is 37.5 Å². The number of benzene rings is 2. The molecule has 208 valence electrons. The molecular formula is C27H35CaN2O7S2+. The number of anilines is 1. The first-order chi connectivity index (χ1) is 17.8. The van der Waals surface area contributed by atoms with Crippen molar-refractivity contribution < 1.29 is 35.6 Å². The maximum atomic E-state index is 12.4. The van der Waals surface area contributed by atoms with Crippen molar-refractivity contribution in [2.75, 3.05) is 31.1 Å². The van der Waals surface area contributed by atoms with Crippen LogP contribution in [0.3, 0.4) is 0 Å². The molecule has 0 atom stereocenters. The van der Waals surface area contributed by atoms with E-state index in [-0.39, 0.29) is 43.3 Å². The molecular weight excluding hydrogens is 569 g/mol. The molecule has 0 amide bonds. The SMILES string of the molecule is CCN(CC)c1ccc(C(=C2C=CC(=[N+](CC)CC)C=C2)c2cc(O)c(S(=O)(=O)O)cc2S(=O)(=O)O)cc1.[CaH2]. The minimum atomic E-state index is -4.98. The average Bonchev–Trinajstić information content (AvgIpc) is 2.86. The quantitative estimate of drug-likeness (QED) is 0.226. The summed E-state index contributed by atoms with van der Waals surface area (Å²) in [5.41, 5.74) is 3.26. The van der Waals surface area contributed by atoms with Crippen LogP contribution in [0.5, 0.6) is 5.75 Å². The standard InChI is InChI=1S/C27H32N2O7S2.Ca.2H/c1-5-28(6-2)21-13-9-19(10-14-21)27(20-11-15-22(16-12-20)29(7-3)8-4)23-17-24(30)26(38(34,35)36)18-25(23)37(31,32)33;;;/h9-18H,5-8H2,1-4H3,(H2-,30,31,32,33,34,35,36);;;/p+1. The van der Waals surface area contributed by atoms with Crippen molar-refractivity contribution in [1.82, 2.24) is 0 Å². The van der Waals surface area contributed by atoms with E-state index in [4.69, 9.17) is 0 Å². The first-order valence-corrected chi connectivity index (χ1v) is 15.1. The van der Waals surface area contributed by atoms with Gasteiger partial charge in [0.25, 0.3) is 20.2 Å². The molecule has 0 saturated heterocycles. The van der Waals surface area contributed by atoms with E-state index in [0.717, 1.165) is 43.6 Å². The molecule has 2 aromatic carbocycles. The molecule has 9 nitrogen and oxygen atoms in total. The second-order valence-electron chi connectivity index (χ2n) is 8.58. The van der Waals surface area contributed by atoms with Gasteiger partial charge in [-0.1, -0.05) is 12.1 Å². The molecule has 39 heavy (non-hydrogen) atoms. The maximum absolute atomic E-state index is 12.4. The molecule has 0 heterocycles. The topological polar surface area (TPSA) is 135 Å². The second kappa shape index (κ2) is 13.6. The van der Waals surface area contributed by atoms with E-state index in [9.17, 15) is 31.0 Å². The van der Waals surface area contributed by atoms with Crippen molar-refractivity contribution in [3.63, 3.8) is 0 Å². The molecule has 0 aliphatic heterocycles. The zero-order chi connectivity index (χ0) is 28.3.